The summed E-state index contributed by atoms with van der Waals surface area (Å²) in [7, 11) is 5.91. The summed E-state index contributed by atoms with van der Waals surface area (Å²) in [5, 5.41) is 0. The summed E-state index contributed by atoms with van der Waals surface area (Å²) in [6.07, 6.45) is 1.18. The van der Waals surface area contributed by atoms with Crippen molar-refractivity contribution in [3.63, 3.8) is 0 Å². The highest BCUT2D eigenvalue weighted by Crippen LogP contribution is 2.18. The first-order valence-electron chi connectivity index (χ1n) is 3.87. The highest BCUT2D eigenvalue weighted by Gasteiger charge is 2.36. The van der Waals surface area contributed by atoms with Crippen molar-refractivity contribution in [3.05, 3.63) is 12.7 Å². The van der Waals surface area contributed by atoms with Gasteiger partial charge in [-0.25, -0.2) is 4.79 Å². The van der Waals surface area contributed by atoms with Gasteiger partial charge in [0.1, 0.15) is 0 Å². The van der Waals surface area contributed by atoms with Gasteiger partial charge in [-0.3, -0.25) is 4.48 Å². The van der Waals surface area contributed by atoms with Crippen LogP contribution in [0.3, 0.4) is 0 Å². The highest BCUT2D eigenvalue weighted by molar-refractivity contribution is 5.81. The summed E-state index contributed by atoms with van der Waals surface area (Å²) in [6, 6.07) is 0. The van der Waals surface area contributed by atoms with Gasteiger partial charge in [-0.05, 0) is 0 Å². The fourth-order valence-corrected chi connectivity index (χ4v) is 0.425. The van der Waals surface area contributed by atoms with E-state index in [-0.39, 0.29) is 5.97 Å². The van der Waals surface area contributed by atoms with Crippen LogP contribution in [0.15, 0.2) is 12.7 Å². The van der Waals surface area contributed by atoms with Crippen molar-refractivity contribution < 1.29 is 14.0 Å². The van der Waals surface area contributed by atoms with E-state index in [4.69, 9.17) is 4.74 Å². The van der Waals surface area contributed by atoms with E-state index in [0.29, 0.717) is 4.48 Å². The summed E-state index contributed by atoms with van der Waals surface area (Å²) < 4.78 is 5.73. The van der Waals surface area contributed by atoms with Crippen LogP contribution in [-0.2, 0) is 9.53 Å². The van der Waals surface area contributed by atoms with E-state index >= 15 is 0 Å². The molecule has 0 unspecified atom stereocenters. The minimum absolute atomic E-state index is 0.381. The van der Waals surface area contributed by atoms with E-state index in [2.05, 4.69) is 6.58 Å². The highest BCUT2D eigenvalue weighted by atomic mass is 16.6. The molecule has 0 N–H and O–H groups in total. The van der Waals surface area contributed by atoms with Gasteiger partial charge < -0.3 is 4.74 Å². The van der Waals surface area contributed by atoms with Crippen LogP contribution in [0.4, 0.5) is 0 Å². The normalized spacial score (nSPS) is 12.4. The van der Waals surface area contributed by atoms with Gasteiger partial charge in [-0.2, -0.15) is 0 Å². The van der Waals surface area contributed by atoms with Crippen LogP contribution in [0.2, 0.25) is 0 Å². The molecule has 0 aromatic carbocycles. The zero-order chi connectivity index (χ0) is 9.99. The molecule has 0 radical (unpaired) electrons. The Kier molecular flexibility index (Phi) is 3.04. The Labute approximate surface area is 74.2 Å². The molecule has 0 amide bonds. The Morgan fingerprint density at radius 1 is 1.42 bits per heavy atom. The zero-order valence-corrected chi connectivity index (χ0v) is 8.55. The van der Waals surface area contributed by atoms with Gasteiger partial charge in [0.25, 0.3) is 0 Å². The van der Waals surface area contributed by atoms with Crippen molar-refractivity contribution in [3.8, 4) is 0 Å². The number of carbonyl (C=O) groups is 1. The van der Waals surface area contributed by atoms with Crippen LogP contribution < -0.4 is 0 Å². The van der Waals surface area contributed by atoms with E-state index in [0.717, 1.165) is 0 Å². The topological polar surface area (TPSA) is 26.3 Å². The Bertz CT molecular complexity index is 189. The average Bonchev–Trinajstić information content (AvgIpc) is 1.84. The molecule has 0 aromatic rings. The summed E-state index contributed by atoms with van der Waals surface area (Å²) in [5.74, 6) is -0.381. The Balaban J connectivity index is 4.43. The lowest BCUT2D eigenvalue weighted by Gasteiger charge is -2.39. The maximum absolute atomic E-state index is 10.9. The van der Waals surface area contributed by atoms with E-state index < -0.39 is 5.72 Å². The number of ether oxygens (including phenoxy) is 1. The first-order valence-corrected chi connectivity index (χ1v) is 3.87. The summed E-state index contributed by atoms with van der Waals surface area (Å²) in [6.45, 7) is 7.08. The molecule has 0 rings (SSSR count). The SMILES string of the molecule is C=CC(=O)OC(C)(C)[N+](C)(C)C. The Hall–Kier alpha value is -0.830. The van der Waals surface area contributed by atoms with E-state index in [1.54, 1.807) is 0 Å². The fourth-order valence-electron chi connectivity index (χ4n) is 0.425. The molecule has 0 atom stereocenters. The second-order valence-electron chi connectivity index (χ2n) is 4.08. The minimum atomic E-state index is -0.523. The van der Waals surface area contributed by atoms with Crippen molar-refractivity contribution in [2.75, 3.05) is 21.1 Å². The Morgan fingerprint density at radius 3 is 2.08 bits per heavy atom. The lowest BCUT2D eigenvalue weighted by molar-refractivity contribution is -0.942. The van der Waals surface area contributed by atoms with Gasteiger partial charge in [0, 0.05) is 19.9 Å². The number of nitrogens with zero attached hydrogens (tertiary/aromatic N) is 1. The molecule has 0 aromatic heterocycles. The van der Waals surface area contributed by atoms with E-state index in [1.165, 1.54) is 6.08 Å². The third-order valence-corrected chi connectivity index (χ3v) is 2.13. The third-order valence-electron chi connectivity index (χ3n) is 2.13. The van der Waals surface area contributed by atoms with Gasteiger partial charge >= 0.3 is 5.97 Å². The minimum Gasteiger partial charge on any atom is -0.407 e. The van der Waals surface area contributed by atoms with Crippen LogP contribution in [-0.4, -0.2) is 37.3 Å². The number of rotatable bonds is 3. The summed E-state index contributed by atoms with van der Waals surface area (Å²) >= 11 is 0. The second kappa shape index (κ2) is 3.27. The van der Waals surface area contributed by atoms with Gasteiger partial charge in [0.15, 0.2) is 0 Å². The molecular weight excluding hydrogens is 154 g/mol. The van der Waals surface area contributed by atoms with Gasteiger partial charge in [-0.15, -0.1) is 0 Å². The summed E-state index contributed by atoms with van der Waals surface area (Å²) in [5.41, 5.74) is -0.523. The predicted octanol–water partition coefficient (Wildman–Crippen LogP) is 1.16. The molecule has 0 saturated heterocycles. The van der Waals surface area contributed by atoms with Crippen molar-refractivity contribution >= 4 is 5.97 Å². The molecule has 0 saturated carbocycles. The van der Waals surface area contributed by atoms with E-state index in [1.807, 2.05) is 35.0 Å². The van der Waals surface area contributed by atoms with Gasteiger partial charge in [0.05, 0.1) is 21.1 Å². The zero-order valence-electron chi connectivity index (χ0n) is 8.55. The monoisotopic (exact) mass is 172 g/mol. The first kappa shape index (κ1) is 11.2. The molecule has 0 fully saturated rings. The molecule has 0 aliphatic heterocycles. The molecule has 3 nitrogen and oxygen atoms in total. The predicted molar refractivity (Wildman–Crippen MR) is 48.4 cm³/mol. The molecule has 0 spiro atoms. The smallest absolute Gasteiger partial charge is 0.334 e. The molecule has 0 bridgehead atoms. The van der Waals surface area contributed by atoms with Crippen molar-refractivity contribution in [1.82, 2.24) is 0 Å². The number of quaternary nitrogens is 1. The third kappa shape index (κ3) is 2.66. The average molecular weight is 172 g/mol. The molecule has 0 aliphatic carbocycles. The van der Waals surface area contributed by atoms with Crippen LogP contribution in [0.25, 0.3) is 0 Å². The van der Waals surface area contributed by atoms with Crippen molar-refractivity contribution in [1.29, 1.82) is 0 Å². The van der Waals surface area contributed by atoms with Crippen LogP contribution >= 0.6 is 0 Å². The number of carbonyl (C=O) groups excluding carboxylic acids is 1. The maximum atomic E-state index is 10.9. The number of hydrogen-bond donors (Lipinski definition) is 0. The van der Waals surface area contributed by atoms with Crippen molar-refractivity contribution in [2.24, 2.45) is 0 Å². The lowest BCUT2D eigenvalue weighted by Crippen LogP contribution is -2.55. The van der Waals surface area contributed by atoms with Gasteiger partial charge in [-0.1, -0.05) is 6.58 Å². The molecule has 3 heteroatoms. The second-order valence-corrected chi connectivity index (χ2v) is 4.08. The molecule has 0 aliphatic rings. The standard InChI is InChI=1S/C9H18NO2/c1-7-8(11)12-9(2,3)10(4,5)6/h7H,1H2,2-6H3/q+1. The van der Waals surface area contributed by atoms with Gasteiger partial charge in [0.2, 0.25) is 5.72 Å². The first-order chi connectivity index (χ1) is 5.20. The van der Waals surface area contributed by atoms with Crippen LogP contribution in [0, 0.1) is 0 Å². The summed E-state index contributed by atoms with van der Waals surface area (Å²) in [4.78, 5) is 10.9. The largest absolute Gasteiger partial charge is 0.407 e. The number of esters is 1. The van der Waals surface area contributed by atoms with Crippen molar-refractivity contribution in [2.45, 2.75) is 19.6 Å². The Morgan fingerprint density at radius 2 is 1.83 bits per heavy atom. The number of hydrogen-bond acceptors (Lipinski definition) is 2. The fraction of sp³-hybridized carbons (Fsp3) is 0.667. The van der Waals surface area contributed by atoms with Crippen LogP contribution in [0.5, 0.6) is 0 Å². The maximum Gasteiger partial charge on any atom is 0.334 e. The van der Waals surface area contributed by atoms with E-state index in [9.17, 15) is 4.79 Å². The lowest BCUT2D eigenvalue weighted by atomic mass is 10.2. The molecule has 0 heterocycles. The molecule has 70 valence electrons. The quantitative estimate of drug-likeness (QED) is 0.276. The van der Waals surface area contributed by atoms with Crippen LogP contribution in [0.1, 0.15) is 13.8 Å². The molecule has 12 heavy (non-hydrogen) atoms. The molecular formula is C9H18NO2+.